The Morgan fingerprint density at radius 3 is 2.29 bits per heavy atom. The first-order chi connectivity index (χ1) is 7.79. The van der Waals surface area contributed by atoms with Gasteiger partial charge < -0.3 is 5.32 Å². The highest BCUT2D eigenvalue weighted by Gasteiger charge is 2.10. The maximum atomic E-state index is 11.4. The lowest BCUT2D eigenvalue weighted by Crippen LogP contribution is -2.16. The molecule has 1 aromatic rings. The average molecular weight is 256 g/mol. The molecule has 17 heavy (non-hydrogen) atoms. The topological polar surface area (TPSA) is 95.5 Å². The lowest BCUT2D eigenvalue weighted by Gasteiger charge is -2.10. The molecule has 1 aromatic carbocycles. The second kappa shape index (κ2) is 4.98. The van der Waals surface area contributed by atoms with Crippen LogP contribution in [0.5, 0.6) is 0 Å². The summed E-state index contributed by atoms with van der Waals surface area (Å²) in [4.78, 5) is 11.4. The summed E-state index contributed by atoms with van der Waals surface area (Å²) in [5.41, 5.74) is 0.592. The van der Waals surface area contributed by atoms with Crippen LogP contribution in [0, 0.1) is 0 Å². The number of hydrogen-bond donors (Lipinski definition) is 3. The zero-order valence-corrected chi connectivity index (χ0v) is 9.91. The summed E-state index contributed by atoms with van der Waals surface area (Å²) in [5, 5.41) is 2.46. The maximum absolute atomic E-state index is 11.4. The Kier molecular flexibility index (Phi) is 3.87. The number of amides is 1. The van der Waals surface area contributed by atoms with Gasteiger partial charge in [-0.25, -0.2) is 0 Å². The highest BCUT2D eigenvalue weighted by molar-refractivity contribution is 7.87. The summed E-state index contributed by atoms with van der Waals surface area (Å²) >= 11 is 0. The van der Waals surface area contributed by atoms with Crippen molar-refractivity contribution < 1.29 is 17.8 Å². The Morgan fingerprint density at radius 1 is 1.29 bits per heavy atom. The zero-order chi connectivity index (χ0) is 13.1. The van der Waals surface area contributed by atoms with Crippen LogP contribution in [-0.4, -0.2) is 18.9 Å². The number of nitrogens with one attached hydrogen (secondary N) is 2. The van der Waals surface area contributed by atoms with Gasteiger partial charge >= 0.3 is 10.3 Å². The highest BCUT2D eigenvalue weighted by Crippen LogP contribution is 2.22. The molecule has 0 spiro atoms. The third-order valence-corrected chi connectivity index (χ3v) is 2.28. The lowest BCUT2D eigenvalue weighted by molar-refractivity contribution is -0.112. The van der Waals surface area contributed by atoms with Crippen LogP contribution in [-0.2, 0) is 15.1 Å². The van der Waals surface area contributed by atoms with Crippen LogP contribution in [0.4, 0.5) is 11.4 Å². The molecule has 0 atom stereocenters. The van der Waals surface area contributed by atoms with E-state index in [-0.39, 0.29) is 16.9 Å². The van der Waals surface area contributed by atoms with Crippen molar-refractivity contribution in [2.45, 2.75) is 6.92 Å². The number of anilines is 2. The van der Waals surface area contributed by atoms with Crippen LogP contribution in [0.1, 0.15) is 6.92 Å². The molecule has 0 aromatic heterocycles. The monoisotopic (exact) mass is 256 g/mol. The van der Waals surface area contributed by atoms with Crippen molar-refractivity contribution in [2.75, 3.05) is 10.0 Å². The summed E-state index contributed by atoms with van der Waals surface area (Å²) in [6.07, 6.45) is 0. The van der Waals surface area contributed by atoms with Crippen molar-refractivity contribution >= 4 is 27.6 Å². The van der Waals surface area contributed by atoms with Crippen molar-refractivity contribution in [3.05, 3.63) is 36.4 Å². The van der Waals surface area contributed by atoms with E-state index in [0.29, 0.717) is 0 Å². The molecule has 0 heterocycles. The molecule has 3 N–H and O–H groups in total. The first-order valence-corrected chi connectivity index (χ1v) is 6.05. The Morgan fingerprint density at radius 2 is 1.82 bits per heavy atom. The van der Waals surface area contributed by atoms with E-state index in [4.69, 9.17) is 4.55 Å². The van der Waals surface area contributed by atoms with E-state index in [2.05, 4.69) is 11.9 Å². The van der Waals surface area contributed by atoms with E-state index in [1.807, 2.05) is 4.72 Å². The van der Waals surface area contributed by atoms with Crippen molar-refractivity contribution in [3.8, 4) is 0 Å². The second-order valence-corrected chi connectivity index (χ2v) is 4.51. The van der Waals surface area contributed by atoms with Crippen LogP contribution in [0.2, 0.25) is 0 Å². The van der Waals surface area contributed by atoms with Gasteiger partial charge in [0.25, 0.3) is 5.91 Å². The van der Waals surface area contributed by atoms with Gasteiger partial charge in [-0.05, 0) is 19.1 Å². The van der Waals surface area contributed by atoms with E-state index < -0.39 is 16.2 Å². The van der Waals surface area contributed by atoms with Crippen LogP contribution < -0.4 is 10.0 Å². The van der Waals surface area contributed by atoms with Gasteiger partial charge in [-0.1, -0.05) is 18.7 Å². The molecular weight excluding hydrogens is 244 g/mol. The van der Waals surface area contributed by atoms with Gasteiger partial charge in [-0.3, -0.25) is 14.1 Å². The summed E-state index contributed by atoms with van der Waals surface area (Å²) < 4.78 is 31.9. The average Bonchev–Trinajstić information content (AvgIpc) is 2.18. The smallest absolute Gasteiger partial charge is 0.320 e. The molecule has 6 nitrogen and oxygen atoms in total. The van der Waals surface area contributed by atoms with Crippen molar-refractivity contribution in [3.63, 3.8) is 0 Å². The fourth-order valence-corrected chi connectivity index (χ4v) is 1.50. The molecule has 0 aliphatic rings. The molecule has 1 amide bonds. The Hall–Kier alpha value is -1.86. The molecule has 1 rings (SSSR count). The van der Waals surface area contributed by atoms with E-state index >= 15 is 0 Å². The van der Waals surface area contributed by atoms with Crippen LogP contribution in [0.15, 0.2) is 36.4 Å². The number of benzene rings is 1. The summed E-state index contributed by atoms with van der Waals surface area (Å²) in [6.45, 7) is 4.98. The molecule has 7 heteroatoms. The molecule has 0 radical (unpaired) electrons. The van der Waals surface area contributed by atoms with Gasteiger partial charge in [-0.2, -0.15) is 8.42 Å². The van der Waals surface area contributed by atoms with Gasteiger partial charge in [-0.15, -0.1) is 0 Å². The summed E-state index contributed by atoms with van der Waals surface area (Å²) in [6, 6.07) is 6.07. The molecule has 0 saturated carbocycles. The second-order valence-electron chi connectivity index (χ2n) is 3.36. The lowest BCUT2D eigenvalue weighted by atomic mass is 10.2. The van der Waals surface area contributed by atoms with E-state index in [9.17, 15) is 13.2 Å². The number of para-hydroxylation sites is 2. The van der Waals surface area contributed by atoms with Gasteiger partial charge in [0.15, 0.2) is 0 Å². The first kappa shape index (κ1) is 13.2. The standard InChI is InChI=1S/C10H12N2O4S/c1-7(2)10(13)11-8-5-3-4-6-9(8)12-17(14,15)16/h3-6,12H,1H2,2H3,(H,11,13)(H,14,15,16). The number of carbonyl (C=O) groups is 1. The molecule has 0 saturated heterocycles. The molecule has 92 valence electrons. The molecule has 0 unspecified atom stereocenters. The molecular formula is C10H12N2O4S. The fourth-order valence-electron chi connectivity index (χ4n) is 1.05. The van der Waals surface area contributed by atoms with Crippen LogP contribution in [0.25, 0.3) is 0 Å². The van der Waals surface area contributed by atoms with Gasteiger partial charge in [0.05, 0.1) is 11.4 Å². The molecule has 0 aliphatic heterocycles. The van der Waals surface area contributed by atoms with Gasteiger partial charge in [0.1, 0.15) is 0 Å². The van der Waals surface area contributed by atoms with Crippen LogP contribution in [0.3, 0.4) is 0 Å². The predicted octanol–water partition coefficient (Wildman–Crippen LogP) is 1.42. The van der Waals surface area contributed by atoms with Crippen molar-refractivity contribution in [2.24, 2.45) is 0 Å². The molecule has 0 fully saturated rings. The highest BCUT2D eigenvalue weighted by atomic mass is 32.2. The SMILES string of the molecule is C=C(C)C(=O)Nc1ccccc1NS(=O)(=O)O. The maximum Gasteiger partial charge on any atom is 0.357 e. The normalized spacial score (nSPS) is 10.7. The molecule has 0 aliphatic carbocycles. The van der Waals surface area contributed by atoms with Gasteiger partial charge in [0.2, 0.25) is 0 Å². The van der Waals surface area contributed by atoms with E-state index in [1.165, 1.54) is 19.1 Å². The minimum absolute atomic E-state index is 0.0737. The number of rotatable bonds is 4. The number of hydrogen-bond acceptors (Lipinski definition) is 3. The minimum atomic E-state index is -4.38. The summed E-state index contributed by atoms with van der Waals surface area (Å²) in [5.74, 6) is -0.436. The minimum Gasteiger partial charge on any atom is -0.320 e. The Balaban J connectivity index is 3.00. The molecule has 0 bridgehead atoms. The third kappa shape index (κ3) is 4.25. The fraction of sp³-hybridized carbons (Fsp3) is 0.100. The summed E-state index contributed by atoms with van der Waals surface area (Å²) in [7, 11) is -4.38. The van der Waals surface area contributed by atoms with Gasteiger partial charge in [0, 0.05) is 5.57 Å². The number of carbonyl (C=O) groups excluding carboxylic acids is 1. The Bertz CT molecular complexity index is 551. The van der Waals surface area contributed by atoms with Crippen molar-refractivity contribution in [1.29, 1.82) is 0 Å². The Labute approximate surface area is 99.2 Å². The zero-order valence-electron chi connectivity index (χ0n) is 9.10. The van der Waals surface area contributed by atoms with Crippen molar-refractivity contribution in [1.82, 2.24) is 0 Å². The van der Waals surface area contributed by atoms with E-state index in [1.54, 1.807) is 12.1 Å². The largest absolute Gasteiger partial charge is 0.357 e. The van der Waals surface area contributed by atoms with Crippen LogP contribution >= 0.6 is 0 Å². The van der Waals surface area contributed by atoms with E-state index in [0.717, 1.165) is 0 Å². The third-order valence-electron chi connectivity index (χ3n) is 1.80. The first-order valence-electron chi connectivity index (χ1n) is 4.61. The predicted molar refractivity (Wildman–Crippen MR) is 65.1 cm³/mol. The quantitative estimate of drug-likeness (QED) is 0.560.